The molecule has 0 aromatic carbocycles. The highest BCUT2D eigenvalue weighted by molar-refractivity contribution is 4.86. The highest BCUT2D eigenvalue weighted by atomic mass is 14.9. The fraction of sp³-hybridized carbons (Fsp3) is 1.00. The van der Waals surface area contributed by atoms with Gasteiger partial charge in [-0.1, -0.05) is 71.6 Å². The van der Waals surface area contributed by atoms with Crippen LogP contribution in [0.3, 0.4) is 0 Å². The van der Waals surface area contributed by atoms with Crippen LogP contribution >= 0.6 is 0 Å². The molecule has 0 spiro atoms. The minimum absolute atomic E-state index is 0.892. The normalized spacial score (nSPS) is 29.7. The van der Waals surface area contributed by atoms with Gasteiger partial charge in [-0.15, -0.1) is 0 Å². The predicted octanol–water partition coefficient (Wildman–Crippen LogP) is 5.93. The van der Waals surface area contributed by atoms with Crippen LogP contribution in [0.15, 0.2) is 0 Å². The SMILES string of the molecule is CCCCCCCCC1CC(CC)CCC1CNC1CC1. The Bertz CT molecular complexity index is 259. The lowest BCUT2D eigenvalue weighted by Crippen LogP contribution is -2.34. The molecule has 0 bridgehead atoms. The quantitative estimate of drug-likeness (QED) is 0.465. The van der Waals surface area contributed by atoms with Crippen LogP contribution in [-0.2, 0) is 0 Å². The van der Waals surface area contributed by atoms with Gasteiger partial charge in [0.15, 0.2) is 0 Å². The average Bonchev–Trinajstić information content (AvgIpc) is 3.33. The van der Waals surface area contributed by atoms with Crippen molar-refractivity contribution in [2.45, 2.75) is 103 Å². The van der Waals surface area contributed by atoms with Gasteiger partial charge < -0.3 is 5.32 Å². The first-order valence-corrected chi connectivity index (χ1v) is 10.1. The van der Waals surface area contributed by atoms with Gasteiger partial charge in [-0.05, 0) is 50.0 Å². The fourth-order valence-corrected chi connectivity index (χ4v) is 4.21. The Morgan fingerprint density at radius 3 is 2.29 bits per heavy atom. The van der Waals surface area contributed by atoms with Gasteiger partial charge in [-0.2, -0.15) is 0 Å². The molecule has 1 nitrogen and oxygen atoms in total. The third-order valence-corrected chi connectivity index (χ3v) is 6.00. The van der Waals surface area contributed by atoms with Crippen LogP contribution in [0.5, 0.6) is 0 Å². The summed E-state index contributed by atoms with van der Waals surface area (Å²) in [7, 11) is 0. The van der Waals surface area contributed by atoms with E-state index >= 15 is 0 Å². The van der Waals surface area contributed by atoms with Gasteiger partial charge in [0.05, 0.1) is 0 Å². The van der Waals surface area contributed by atoms with Crippen molar-refractivity contribution >= 4 is 0 Å². The van der Waals surface area contributed by atoms with Crippen LogP contribution in [0, 0.1) is 17.8 Å². The van der Waals surface area contributed by atoms with E-state index < -0.39 is 0 Å². The van der Waals surface area contributed by atoms with E-state index in [0.29, 0.717) is 0 Å². The number of hydrogen-bond acceptors (Lipinski definition) is 1. The molecular formula is C20H39N. The van der Waals surface area contributed by atoms with Gasteiger partial charge in [0, 0.05) is 6.04 Å². The molecule has 0 aliphatic heterocycles. The zero-order valence-electron chi connectivity index (χ0n) is 14.7. The Morgan fingerprint density at radius 1 is 0.810 bits per heavy atom. The standard InChI is InChI=1S/C20H39N/c1-3-5-6-7-8-9-10-18-15-17(4-2)11-12-19(18)16-21-20-13-14-20/h17-21H,3-16H2,1-2H3. The van der Waals surface area contributed by atoms with Crippen molar-refractivity contribution in [3.05, 3.63) is 0 Å². The molecule has 1 heteroatoms. The van der Waals surface area contributed by atoms with Crippen molar-refractivity contribution in [2.75, 3.05) is 6.54 Å². The first-order valence-electron chi connectivity index (χ1n) is 10.1. The minimum atomic E-state index is 0.892. The molecule has 0 heterocycles. The van der Waals surface area contributed by atoms with E-state index in [1.54, 1.807) is 0 Å². The molecule has 3 unspecified atom stereocenters. The average molecular weight is 294 g/mol. The van der Waals surface area contributed by atoms with Crippen LogP contribution in [0.4, 0.5) is 0 Å². The van der Waals surface area contributed by atoms with Gasteiger partial charge in [0.1, 0.15) is 0 Å². The number of rotatable bonds is 11. The van der Waals surface area contributed by atoms with E-state index in [4.69, 9.17) is 0 Å². The van der Waals surface area contributed by atoms with Crippen molar-refractivity contribution in [3.8, 4) is 0 Å². The summed E-state index contributed by atoms with van der Waals surface area (Å²) in [6.07, 6.45) is 19.1. The van der Waals surface area contributed by atoms with Crippen LogP contribution in [0.25, 0.3) is 0 Å². The monoisotopic (exact) mass is 293 g/mol. The third-order valence-electron chi connectivity index (χ3n) is 6.00. The fourth-order valence-electron chi connectivity index (χ4n) is 4.21. The zero-order chi connectivity index (χ0) is 14.9. The lowest BCUT2D eigenvalue weighted by Gasteiger charge is -2.36. The first kappa shape index (κ1) is 17.3. The van der Waals surface area contributed by atoms with Crippen LogP contribution in [0.2, 0.25) is 0 Å². The molecule has 2 rings (SSSR count). The second kappa shape index (κ2) is 9.87. The van der Waals surface area contributed by atoms with Crippen LogP contribution in [-0.4, -0.2) is 12.6 Å². The summed E-state index contributed by atoms with van der Waals surface area (Å²) in [6.45, 7) is 6.03. The summed E-state index contributed by atoms with van der Waals surface area (Å²) in [5.74, 6) is 3.05. The molecule has 0 radical (unpaired) electrons. The summed E-state index contributed by atoms with van der Waals surface area (Å²) >= 11 is 0. The molecule has 2 aliphatic rings. The van der Waals surface area contributed by atoms with E-state index in [9.17, 15) is 0 Å². The Kier molecular flexibility index (Phi) is 8.14. The van der Waals surface area contributed by atoms with Gasteiger partial charge in [0.25, 0.3) is 0 Å². The smallest absolute Gasteiger partial charge is 0.00683 e. The minimum Gasteiger partial charge on any atom is -0.314 e. The van der Waals surface area contributed by atoms with Gasteiger partial charge in [-0.3, -0.25) is 0 Å². The second-order valence-corrected chi connectivity index (χ2v) is 7.85. The van der Waals surface area contributed by atoms with Gasteiger partial charge in [-0.25, -0.2) is 0 Å². The maximum absolute atomic E-state index is 3.81. The summed E-state index contributed by atoms with van der Waals surface area (Å²) in [6, 6.07) is 0.892. The Labute approximate surface area is 133 Å². The first-order chi connectivity index (χ1) is 10.3. The maximum atomic E-state index is 3.81. The van der Waals surface area contributed by atoms with Crippen LogP contribution in [0.1, 0.15) is 97.3 Å². The molecular weight excluding hydrogens is 254 g/mol. The summed E-state index contributed by atoms with van der Waals surface area (Å²) in [5, 5.41) is 3.81. The van der Waals surface area contributed by atoms with E-state index in [-0.39, 0.29) is 0 Å². The lowest BCUT2D eigenvalue weighted by atomic mass is 9.71. The van der Waals surface area contributed by atoms with E-state index in [2.05, 4.69) is 19.2 Å². The molecule has 0 aromatic heterocycles. The summed E-state index contributed by atoms with van der Waals surface area (Å²) in [5.41, 5.74) is 0. The van der Waals surface area contributed by atoms with Crippen molar-refractivity contribution in [3.63, 3.8) is 0 Å². The number of unbranched alkanes of at least 4 members (excludes halogenated alkanes) is 5. The van der Waals surface area contributed by atoms with Gasteiger partial charge in [0.2, 0.25) is 0 Å². The van der Waals surface area contributed by atoms with E-state index in [1.807, 2.05) is 0 Å². The Morgan fingerprint density at radius 2 is 1.57 bits per heavy atom. The van der Waals surface area contributed by atoms with Crippen molar-refractivity contribution in [1.82, 2.24) is 5.32 Å². The predicted molar refractivity (Wildman–Crippen MR) is 93.6 cm³/mol. The van der Waals surface area contributed by atoms with Crippen molar-refractivity contribution in [2.24, 2.45) is 17.8 Å². The molecule has 3 atom stereocenters. The number of hydrogen-bond donors (Lipinski definition) is 1. The molecule has 2 saturated carbocycles. The molecule has 0 aromatic rings. The molecule has 2 aliphatic carbocycles. The molecule has 124 valence electrons. The van der Waals surface area contributed by atoms with Crippen molar-refractivity contribution < 1.29 is 0 Å². The lowest BCUT2D eigenvalue weighted by molar-refractivity contribution is 0.159. The number of nitrogens with one attached hydrogen (secondary N) is 1. The van der Waals surface area contributed by atoms with Crippen LogP contribution < -0.4 is 5.32 Å². The molecule has 1 N–H and O–H groups in total. The highest BCUT2D eigenvalue weighted by Gasteiger charge is 2.30. The Balaban J connectivity index is 1.65. The summed E-state index contributed by atoms with van der Waals surface area (Å²) < 4.78 is 0. The topological polar surface area (TPSA) is 12.0 Å². The highest BCUT2D eigenvalue weighted by Crippen LogP contribution is 2.38. The van der Waals surface area contributed by atoms with Crippen molar-refractivity contribution in [1.29, 1.82) is 0 Å². The van der Waals surface area contributed by atoms with E-state index in [0.717, 1.165) is 23.8 Å². The summed E-state index contributed by atoms with van der Waals surface area (Å²) in [4.78, 5) is 0. The third kappa shape index (κ3) is 6.72. The molecule has 0 amide bonds. The zero-order valence-corrected chi connectivity index (χ0v) is 14.7. The second-order valence-electron chi connectivity index (χ2n) is 7.85. The molecule has 21 heavy (non-hydrogen) atoms. The molecule has 2 fully saturated rings. The Hall–Kier alpha value is -0.0400. The maximum Gasteiger partial charge on any atom is 0.00683 e. The van der Waals surface area contributed by atoms with E-state index in [1.165, 1.54) is 90.0 Å². The molecule has 0 saturated heterocycles. The van der Waals surface area contributed by atoms with Gasteiger partial charge >= 0.3 is 0 Å². The largest absolute Gasteiger partial charge is 0.314 e.